The molecule has 0 unspecified atom stereocenters. The standard InChI is InChI=1S/C6H13F3N4/c1-11-5(12-10)13(2)4-3-6(7,8)9/h3-4,10H2,1-2H3,(H,11,12). The monoisotopic (exact) mass is 198 g/mol. The van der Waals surface area contributed by atoms with E-state index < -0.39 is 12.6 Å². The molecule has 0 saturated carbocycles. The van der Waals surface area contributed by atoms with Crippen molar-refractivity contribution in [1.82, 2.24) is 10.3 Å². The van der Waals surface area contributed by atoms with Gasteiger partial charge in [0, 0.05) is 20.6 Å². The lowest BCUT2D eigenvalue weighted by molar-refractivity contribution is -0.135. The topological polar surface area (TPSA) is 53.6 Å². The summed E-state index contributed by atoms with van der Waals surface area (Å²) in [6.45, 7) is -0.166. The van der Waals surface area contributed by atoms with E-state index in [0.717, 1.165) is 0 Å². The minimum absolute atomic E-state index is 0.166. The Kier molecular flexibility index (Phi) is 4.53. The molecule has 13 heavy (non-hydrogen) atoms. The average Bonchev–Trinajstić information content (AvgIpc) is 2.02. The Hall–Kier alpha value is -0.980. The van der Waals surface area contributed by atoms with Crippen molar-refractivity contribution in [3.8, 4) is 0 Å². The van der Waals surface area contributed by atoms with Crippen LogP contribution in [0.1, 0.15) is 6.42 Å². The maximum atomic E-state index is 11.8. The Morgan fingerprint density at radius 3 is 2.38 bits per heavy atom. The molecule has 0 amide bonds. The van der Waals surface area contributed by atoms with Crippen LogP contribution in [-0.2, 0) is 0 Å². The first kappa shape index (κ1) is 12.0. The zero-order chi connectivity index (χ0) is 10.5. The molecule has 0 fully saturated rings. The van der Waals surface area contributed by atoms with E-state index in [2.05, 4.69) is 10.4 Å². The molecule has 0 aromatic rings. The highest BCUT2D eigenvalue weighted by Gasteiger charge is 2.27. The Morgan fingerprint density at radius 2 is 2.08 bits per heavy atom. The van der Waals surface area contributed by atoms with E-state index in [-0.39, 0.29) is 12.5 Å². The second-order valence-electron chi connectivity index (χ2n) is 2.48. The molecule has 3 N–H and O–H groups in total. The van der Waals surface area contributed by atoms with Crippen molar-refractivity contribution in [2.75, 3.05) is 20.6 Å². The summed E-state index contributed by atoms with van der Waals surface area (Å²) in [5.41, 5.74) is 2.20. The summed E-state index contributed by atoms with van der Waals surface area (Å²) in [6, 6.07) is 0. The van der Waals surface area contributed by atoms with E-state index in [9.17, 15) is 13.2 Å². The van der Waals surface area contributed by atoms with Crippen LogP contribution in [0, 0.1) is 0 Å². The van der Waals surface area contributed by atoms with E-state index in [1.54, 1.807) is 0 Å². The fourth-order valence-electron chi connectivity index (χ4n) is 0.746. The normalized spacial score (nSPS) is 12.9. The van der Waals surface area contributed by atoms with Crippen molar-refractivity contribution >= 4 is 5.96 Å². The predicted octanol–water partition coefficient (Wildman–Crippen LogP) is 0.320. The molecule has 78 valence electrons. The van der Waals surface area contributed by atoms with Gasteiger partial charge in [-0.05, 0) is 0 Å². The quantitative estimate of drug-likeness (QED) is 0.291. The van der Waals surface area contributed by atoms with Crippen molar-refractivity contribution in [2.45, 2.75) is 12.6 Å². The number of aliphatic imine (C=N–C) groups is 1. The van der Waals surface area contributed by atoms with Crippen LogP contribution in [0.3, 0.4) is 0 Å². The predicted molar refractivity (Wildman–Crippen MR) is 44.0 cm³/mol. The van der Waals surface area contributed by atoms with Gasteiger partial charge in [0.25, 0.3) is 0 Å². The SMILES string of the molecule is CN=C(NN)N(C)CCC(F)(F)F. The highest BCUT2D eigenvalue weighted by atomic mass is 19.4. The van der Waals surface area contributed by atoms with Gasteiger partial charge < -0.3 is 4.90 Å². The summed E-state index contributed by atoms with van der Waals surface area (Å²) >= 11 is 0. The van der Waals surface area contributed by atoms with Gasteiger partial charge in [-0.25, -0.2) is 5.84 Å². The van der Waals surface area contributed by atoms with Crippen molar-refractivity contribution in [2.24, 2.45) is 10.8 Å². The van der Waals surface area contributed by atoms with Crippen LogP contribution < -0.4 is 11.3 Å². The smallest absolute Gasteiger partial charge is 0.345 e. The van der Waals surface area contributed by atoms with Gasteiger partial charge in [0.15, 0.2) is 0 Å². The summed E-state index contributed by atoms with van der Waals surface area (Å²) in [5.74, 6) is 5.25. The molecule has 0 aliphatic rings. The summed E-state index contributed by atoms with van der Waals surface area (Å²) < 4.78 is 35.3. The minimum atomic E-state index is -4.15. The molecule has 0 bridgehead atoms. The number of hydrogen-bond donors (Lipinski definition) is 2. The third-order valence-electron chi connectivity index (χ3n) is 1.43. The van der Waals surface area contributed by atoms with Crippen LogP contribution in [0.2, 0.25) is 0 Å². The zero-order valence-electron chi connectivity index (χ0n) is 7.52. The number of rotatable bonds is 2. The van der Waals surface area contributed by atoms with Gasteiger partial charge >= 0.3 is 6.18 Å². The second-order valence-corrected chi connectivity index (χ2v) is 2.48. The van der Waals surface area contributed by atoms with E-state index in [0.29, 0.717) is 0 Å². The number of nitrogens with two attached hydrogens (primary N) is 1. The first-order valence-electron chi connectivity index (χ1n) is 3.62. The third-order valence-corrected chi connectivity index (χ3v) is 1.43. The lowest BCUT2D eigenvalue weighted by atomic mass is 10.4. The van der Waals surface area contributed by atoms with Crippen molar-refractivity contribution < 1.29 is 13.2 Å². The van der Waals surface area contributed by atoms with Gasteiger partial charge in [0.05, 0.1) is 6.42 Å². The summed E-state index contributed by atoms with van der Waals surface area (Å²) in [5, 5.41) is 0. The lowest BCUT2D eigenvalue weighted by Crippen LogP contribution is -2.43. The highest BCUT2D eigenvalue weighted by Crippen LogP contribution is 2.19. The van der Waals surface area contributed by atoms with Gasteiger partial charge in [-0.1, -0.05) is 0 Å². The lowest BCUT2D eigenvalue weighted by Gasteiger charge is -2.20. The number of nitrogens with zero attached hydrogens (tertiary/aromatic N) is 2. The van der Waals surface area contributed by atoms with E-state index >= 15 is 0 Å². The van der Waals surface area contributed by atoms with E-state index in [1.807, 2.05) is 0 Å². The third kappa shape index (κ3) is 5.29. The van der Waals surface area contributed by atoms with Gasteiger partial charge in [0.1, 0.15) is 0 Å². The number of guanidine groups is 1. The molecule has 0 aromatic carbocycles. The molecule has 0 spiro atoms. The number of alkyl halides is 3. The largest absolute Gasteiger partial charge is 0.390 e. The van der Waals surface area contributed by atoms with Crippen LogP contribution in [0.4, 0.5) is 13.2 Å². The van der Waals surface area contributed by atoms with Gasteiger partial charge in [-0.2, -0.15) is 13.2 Å². The zero-order valence-corrected chi connectivity index (χ0v) is 7.52. The van der Waals surface area contributed by atoms with Gasteiger partial charge in [-0.3, -0.25) is 10.4 Å². The van der Waals surface area contributed by atoms with Crippen LogP contribution >= 0.6 is 0 Å². The molecular formula is C6H13F3N4. The van der Waals surface area contributed by atoms with Gasteiger partial charge in [0.2, 0.25) is 5.96 Å². The molecule has 0 aliphatic heterocycles. The Bertz CT molecular complexity index is 177. The average molecular weight is 198 g/mol. The maximum absolute atomic E-state index is 11.8. The molecule has 4 nitrogen and oxygen atoms in total. The Balaban J connectivity index is 3.94. The van der Waals surface area contributed by atoms with Crippen molar-refractivity contribution in [3.63, 3.8) is 0 Å². The molecule has 0 aromatic heterocycles. The first-order chi connectivity index (χ1) is 5.90. The molecular weight excluding hydrogens is 185 g/mol. The van der Waals surface area contributed by atoms with Crippen LogP contribution in [-0.4, -0.2) is 37.7 Å². The number of hydrazine groups is 1. The number of halogens is 3. The summed E-state index contributed by atoms with van der Waals surface area (Å²) in [7, 11) is 2.92. The Labute approximate surface area is 74.6 Å². The first-order valence-corrected chi connectivity index (χ1v) is 3.62. The molecule has 0 rings (SSSR count). The molecule has 7 heteroatoms. The van der Waals surface area contributed by atoms with Crippen LogP contribution in [0.25, 0.3) is 0 Å². The summed E-state index contributed by atoms with van der Waals surface area (Å²) in [4.78, 5) is 4.95. The van der Waals surface area contributed by atoms with E-state index in [4.69, 9.17) is 5.84 Å². The minimum Gasteiger partial charge on any atom is -0.345 e. The number of hydrogen-bond acceptors (Lipinski definition) is 2. The molecule has 0 atom stereocenters. The molecule has 0 heterocycles. The fourth-order valence-corrected chi connectivity index (χ4v) is 0.746. The Morgan fingerprint density at radius 1 is 1.54 bits per heavy atom. The van der Waals surface area contributed by atoms with Crippen LogP contribution in [0.5, 0.6) is 0 Å². The second kappa shape index (κ2) is 4.90. The van der Waals surface area contributed by atoms with Gasteiger partial charge in [-0.15, -0.1) is 0 Å². The van der Waals surface area contributed by atoms with Crippen molar-refractivity contribution in [3.05, 3.63) is 0 Å². The van der Waals surface area contributed by atoms with Crippen LogP contribution in [0.15, 0.2) is 4.99 Å². The van der Waals surface area contributed by atoms with E-state index in [1.165, 1.54) is 19.0 Å². The molecule has 0 radical (unpaired) electrons. The van der Waals surface area contributed by atoms with Crippen molar-refractivity contribution in [1.29, 1.82) is 0 Å². The molecule has 0 saturated heterocycles. The summed E-state index contributed by atoms with van der Waals surface area (Å²) in [6.07, 6.45) is -5.04. The fraction of sp³-hybridized carbons (Fsp3) is 0.833. The molecule has 0 aliphatic carbocycles. The highest BCUT2D eigenvalue weighted by molar-refractivity contribution is 5.78. The number of nitrogens with one attached hydrogen (secondary N) is 1. The maximum Gasteiger partial charge on any atom is 0.390 e.